The molecule has 0 aliphatic heterocycles. The number of benzene rings is 1. The summed E-state index contributed by atoms with van der Waals surface area (Å²) in [6, 6.07) is 7.06. The van der Waals surface area contributed by atoms with Crippen LogP contribution in [0.3, 0.4) is 0 Å². The van der Waals surface area contributed by atoms with Gasteiger partial charge in [-0.3, -0.25) is 5.41 Å². The Morgan fingerprint density at radius 2 is 2.18 bits per heavy atom. The van der Waals surface area contributed by atoms with Crippen molar-refractivity contribution in [1.82, 2.24) is 0 Å². The highest BCUT2D eigenvalue weighted by atomic mass is 15.0. The first-order valence-corrected chi connectivity index (χ1v) is 3.15. The molecule has 0 saturated heterocycles. The molecule has 0 saturated carbocycles. The number of guanidine groups is 1. The zero-order chi connectivity index (χ0) is 8.27. The van der Waals surface area contributed by atoms with Crippen LogP contribution in [0.2, 0.25) is 0 Å². The third kappa shape index (κ3) is 2.17. The van der Waals surface area contributed by atoms with Gasteiger partial charge in [0.1, 0.15) is 0 Å². The summed E-state index contributed by atoms with van der Waals surface area (Å²) in [5.41, 5.74) is 12.0. The van der Waals surface area contributed by atoms with Gasteiger partial charge in [-0.1, -0.05) is 6.07 Å². The molecule has 4 heteroatoms. The Hall–Kier alpha value is -1.71. The Labute approximate surface area is 64.7 Å². The first-order valence-electron chi connectivity index (χ1n) is 3.15. The van der Waals surface area contributed by atoms with E-state index in [1.165, 1.54) is 0 Å². The quantitative estimate of drug-likeness (QED) is 0.268. The third-order valence-corrected chi connectivity index (χ3v) is 1.17. The average molecular weight is 150 g/mol. The van der Waals surface area contributed by atoms with Crippen LogP contribution in [-0.2, 0) is 0 Å². The molecule has 0 amide bonds. The summed E-state index contributed by atoms with van der Waals surface area (Å²) >= 11 is 0. The van der Waals surface area contributed by atoms with E-state index in [9.17, 15) is 0 Å². The molecule has 0 unspecified atom stereocenters. The van der Waals surface area contributed by atoms with Crippen LogP contribution in [0.4, 0.5) is 11.4 Å². The van der Waals surface area contributed by atoms with Crippen LogP contribution in [0.25, 0.3) is 0 Å². The molecule has 0 aromatic heterocycles. The van der Waals surface area contributed by atoms with E-state index in [2.05, 4.69) is 5.32 Å². The fourth-order valence-corrected chi connectivity index (χ4v) is 0.772. The summed E-state index contributed by atoms with van der Waals surface area (Å²) in [4.78, 5) is 0. The Bertz CT molecular complexity index is 269. The number of nitrogens with two attached hydrogens (primary N) is 2. The zero-order valence-corrected chi connectivity index (χ0v) is 5.96. The average Bonchev–Trinajstić information content (AvgIpc) is 1.85. The number of anilines is 2. The molecule has 0 fully saturated rings. The fourth-order valence-electron chi connectivity index (χ4n) is 0.772. The van der Waals surface area contributed by atoms with Crippen molar-refractivity contribution in [2.24, 2.45) is 5.73 Å². The maximum Gasteiger partial charge on any atom is 0.190 e. The molecule has 1 rings (SSSR count). The standard InChI is InChI=1S/C7H10N4/c8-5-2-1-3-6(4-5)11-7(9)10/h1-4H,8H2,(H4,9,10,11). The summed E-state index contributed by atoms with van der Waals surface area (Å²) in [5.74, 6) is -0.0874. The predicted octanol–water partition coefficient (Wildman–Crippen LogP) is 0.574. The molecule has 0 aliphatic rings. The molecule has 11 heavy (non-hydrogen) atoms. The van der Waals surface area contributed by atoms with E-state index < -0.39 is 0 Å². The van der Waals surface area contributed by atoms with E-state index in [-0.39, 0.29) is 5.96 Å². The largest absolute Gasteiger partial charge is 0.399 e. The van der Waals surface area contributed by atoms with Crippen LogP contribution in [0.15, 0.2) is 24.3 Å². The van der Waals surface area contributed by atoms with Gasteiger partial charge in [0.15, 0.2) is 5.96 Å². The highest BCUT2D eigenvalue weighted by Gasteiger charge is 1.91. The summed E-state index contributed by atoms with van der Waals surface area (Å²) in [6.45, 7) is 0. The Morgan fingerprint density at radius 3 is 2.73 bits per heavy atom. The molecule has 0 spiro atoms. The van der Waals surface area contributed by atoms with Gasteiger partial charge in [0.2, 0.25) is 0 Å². The second-order valence-electron chi connectivity index (χ2n) is 2.16. The van der Waals surface area contributed by atoms with E-state index in [0.29, 0.717) is 5.69 Å². The number of hydrogen-bond acceptors (Lipinski definition) is 2. The molecule has 0 atom stereocenters. The molecule has 58 valence electrons. The maximum absolute atomic E-state index is 6.93. The molecule has 6 N–H and O–H groups in total. The van der Waals surface area contributed by atoms with Gasteiger partial charge in [0, 0.05) is 11.4 Å². The number of hydrogen-bond donors (Lipinski definition) is 4. The Balaban J connectivity index is 2.79. The van der Waals surface area contributed by atoms with Crippen molar-refractivity contribution in [2.75, 3.05) is 11.1 Å². The normalized spacial score (nSPS) is 9.09. The fraction of sp³-hybridized carbons (Fsp3) is 0. The van der Waals surface area contributed by atoms with Gasteiger partial charge in [-0.25, -0.2) is 0 Å². The van der Waals surface area contributed by atoms with Crippen LogP contribution in [0, 0.1) is 5.41 Å². The second kappa shape index (κ2) is 2.92. The van der Waals surface area contributed by atoms with Crippen LogP contribution in [0.5, 0.6) is 0 Å². The molecular formula is C7H10N4. The molecule has 1 aromatic carbocycles. The number of nitrogen functional groups attached to an aromatic ring is 1. The van der Waals surface area contributed by atoms with Crippen molar-refractivity contribution in [1.29, 1.82) is 5.41 Å². The van der Waals surface area contributed by atoms with E-state index in [1.807, 2.05) is 0 Å². The molecule has 0 aliphatic carbocycles. The van der Waals surface area contributed by atoms with Gasteiger partial charge in [-0.05, 0) is 18.2 Å². The maximum atomic E-state index is 6.93. The summed E-state index contributed by atoms with van der Waals surface area (Å²) in [7, 11) is 0. The van der Waals surface area contributed by atoms with Crippen LogP contribution in [0.1, 0.15) is 0 Å². The minimum atomic E-state index is -0.0874. The summed E-state index contributed by atoms with van der Waals surface area (Å²) in [6.07, 6.45) is 0. The molecule has 0 radical (unpaired) electrons. The first-order chi connectivity index (χ1) is 5.18. The van der Waals surface area contributed by atoms with E-state index in [0.717, 1.165) is 5.69 Å². The lowest BCUT2D eigenvalue weighted by Gasteiger charge is -2.02. The van der Waals surface area contributed by atoms with Gasteiger partial charge in [-0.15, -0.1) is 0 Å². The van der Waals surface area contributed by atoms with Gasteiger partial charge in [-0.2, -0.15) is 0 Å². The number of rotatable bonds is 1. The monoisotopic (exact) mass is 150 g/mol. The van der Waals surface area contributed by atoms with Crippen molar-refractivity contribution < 1.29 is 0 Å². The first kappa shape index (κ1) is 7.40. The smallest absolute Gasteiger partial charge is 0.190 e. The zero-order valence-electron chi connectivity index (χ0n) is 5.96. The molecular weight excluding hydrogens is 140 g/mol. The Kier molecular flexibility index (Phi) is 1.96. The van der Waals surface area contributed by atoms with Crippen molar-refractivity contribution in [3.05, 3.63) is 24.3 Å². The van der Waals surface area contributed by atoms with E-state index >= 15 is 0 Å². The summed E-state index contributed by atoms with van der Waals surface area (Å²) < 4.78 is 0. The van der Waals surface area contributed by atoms with Crippen molar-refractivity contribution >= 4 is 17.3 Å². The lowest BCUT2D eigenvalue weighted by Crippen LogP contribution is -2.20. The minimum absolute atomic E-state index is 0.0874. The van der Waals surface area contributed by atoms with Gasteiger partial charge in [0.05, 0.1) is 0 Å². The van der Waals surface area contributed by atoms with Crippen molar-refractivity contribution in [3.63, 3.8) is 0 Å². The van der Waals surface area contributed by atoms with Gasteiger partial charge in [0.25, 0.3) is 0 Å². The number of nitrogens with one attached hydrogen (secondary N) is 2. The van der Waals surface area contributed by atoms with Crippen molar-refractivity contribution in [2.45, 2.75) is 0 Å². The topological polar surface area (TPSA) is 87.9 Å². The SMILES string of the molecule is N=C(N)Nc1cccc(N)c1. The summed E-state index contributed by atoms with van der Waals surface area (Å²) in [5, 5.41) is 9.55. The highest BCUT2D eigenvalue weighted by molar-refractivity contribution is 5.90. The van der Waals surface area contributed by atoms with Crippen LogP contribution in [-0.4, -0.2) is 5.96 Å². The lowest BCUT2D eigenvalue weighted by atomic mass is 10.3. The molecule has 4 nitrogen and oxygen atoms in total. The minimum Gasteiger partial charge on any atom is -0.399 e. The predicted molar refractivity (Wildman–Crippen MR) is 46.4 cm³/mol. The van der Waals surface area contributed by atoms with Gasteiger partial charge < -0.3 is 16.8 Å². The molecule has 0 heterocycles. The van der Waals surface area contributed by atoms with Crippen LogP contribution < -0.4 is 16.8 Å². The Morgan fingerprint density at radius 1 is 1.45 bits per heavy atom. The highest BCUT2D eigenvalue weighted by Crippen LogP contribution is 2.10. The van der Waals surface area contributed by atoms with Gasteiger partial charge >= 0.3 is 0 Å². The van der Waals surface area contributed by atoms with E-state index in [4.69, 9.17) is 16.9 Å². The molecule has 1 aromatic rings. The third-order valence-electron chi connectivity index (χ3n) is 1.17. The van der Waals surface area contributed by atoms with Crippen LogP contribution >= 0.6 is 0 Å². The lowest BCUT2D eigenvalue weighted by molar-refractivity contribution is 1.41. The van der Waals surface area contributed by atoms with Crippen molar-refractivity contribution in [3.8, 4) is 0 Å². The molecule has 0 bridgehead atoms. The van der Waals surface area contributed by atoms with E-state index in [1.54, 1.807) is 24.3 Å². The second-order valence-corrected chi connectivity index (χ2v) is 2.16.